The maximum absolute atomic E-state index is 9.64. The second-order valence-electron chi connectivity index (χ2n) is 3.62. The predicted octanol–water partition coefficient (Wildman–Crippen LogP) is -1.05. The molecule has 4 N–H and O–H groups in total. The molecule has 2 rings (SSSR count). The average molecular weight is 206 g/mol. The Hall–Kier alpha value is -0.875. The molecular weight excluding hydrogens is 191 g/mol. The molecule has 1 aliphatic rings. The van der Waals surface area contributed by atoms with Gasteiger partial charge in [0.1, 0.15) is 0 Å². The van der Waals surface area contributed by atoms with Crippen molar-refractivity contribution < 1.29 is 9.68 Å². The molecule has 0 unspecified atom stereocenters. The molecule has 0 radical (unpaired) electrons. The van der Waals surface area contributed by atoms with E-state index in [9.17, 15) is 5.02 Å². The van der Waals surface area contributed by atoms with Crippen LogP contribution in [0, 0.1) is 0 Å². The second-order valence-corrected chi connectivity index (χ2v) is 3.62. The minimum atomic E-state index is -0.768. The molecule has 0 saturated heterocycles. The van der Waals surface area contributed by atoms with Crippen LogP contribution in [-0.2, 0) is 17.8 Å². The van der Waals surface area contributed by atoms with E-state index in [1.807, 2.05) is 18.2 Å². The highest BCUT2D eigenvalue weighted by Crippen LogP contribution is 2.12. The van der Waals surface area contributed by atoms with Gasteiger partial charge in [-0.15, -0.1) is 0 Å². The van der Waals surface area contributed by atoms with Crippen molar-refractivity contribution in [3.8, 4) is 0 Å². The minimum Gasteiger partial charge on any atom is -0.423 e. The molecule has 1 aromatic rings. The molecule has 0 fully saturated rings. The first kappa shape index (κ1) is 10.6. The summed E-state index contributed by atoms with van der Waals surface area (Å²) in [6, 6.07) is 5.97. The van der Waals surface area contributed by atoms with Crippen LogP contribution in [0.25, 0.3) is 0 Å². The first-order valence-corrected chi connectivity index (χ1v) is 5.14. The van der Waals surface area contributed by atoms with Crippen LogP contribution in [0.2, 0.25) is 0 Å². The van der Waals surface area contributed by atoms with E-state index in [-0.39, 0.29) is 0 Å². The summed E-state index contributed by atoms with van der Waals surface area (Å²) in [7, 11) is -0.768. The molecule has 0 spiro atoms. The fourth-order valence-corrected chi connectivity index (χ4v) is 1.84. The fraction of sp³-hybridized carbons (Fsp3) is 0.400. The molecule has 0 amide bonds. The van der Waals surface area contributed by atoms with E-state index >= 15 is 0 Å². The number of nitrogens with two attached hydrogens (primary N) is 1. The van der Waals surface area contributed by atoms with Crippen molar-refractivity contribution >= 4 is 12.6 Å². The van der Waals surface area contributed by atoms with E-state index < -0.39 is 7.12 Å². The van der Waals surface area contributed by atoms with Crippen molar-refractivity contribution in [3.05, 3.63) is 29.3 Å². The number of hydrogen-bond donors (Lipinski definition) is 3. The molecule has 80 valence electrons. The largest absolute Gasteiger partial charge is 0.492 e. The Bertz CT molecular complexity index is 346. The number of fused-ring (bicyclic) bond motifs is 1. The lowest BCUT2D eigenvalue weighted by Crippen LogP contribution is -2.34. The highest BCUT2D eigenvalue weighted by atomic mass is 16.5. The molecule has 1 aliphatic heterocycles. The molecule has 0 aromatic heterocycles. The third-order valence-corrected chi connectivity index (χ3v) is 2.57. The Balaban J connectivity index is 2.14. The molecule has 0 saturated carbocycles. The highest BCUT2D eigenvalue weighted by Gasteiger charge is 2.29. The molecule has 0 bridgehead atoms. The molecule has 1 heterocycles. The predicted molar refractivity (Wildman–Crippen MR) is 59.6 cm³/mol. The number of rotatable bonds is 4. The van der Waals surface area contributed by atoms with Crippen LogP contribution in [0.4, 0.5) is 0 Å². The summed E-state index contributed by atoms with van der Waals surface area (Å²) >= 11 is 0. The van der Waals surface area contributed by atoms with Gasteiger partial charge in [-0.1, -0.05) is 18.2 Å². The van der Waals surface area contributed by atoms with Crippen molar-refractivity contribution in [1.29, 1.82) is 0 Å². The lowest BCUT2D eigenvalue weighted by atomic mass is 9.76. The van der Waals surface area contributed by atoms with Crippen LogP contribution in [0.3, 0.4) is 0 Å². The van der Waals surface area contributed by atoms with Gasteiger partial charge in [-0.25, -0.2) is 0 Å². The summed E-state index contributed by atoms with van der Waals surface area (Å²) in [5.41, 5.74) is 8.48. The normalized spacial score (nSPS) is 14.4. The molecule has 15 heavy (non-hydrogen) atoms. The van der Waals surface area contributed by atoms with Gasteiger partial charge in [0.15, 0.2) is 0 Å². The van der Waals surface area contributed by atoms with Crippen molar-refractivity contribution in [3.63, 3.8) is 0 Å². The van der Waals surface area contributed by atoms with Gasteiger partial charge < -0.3 is 20.7 Å². The van der Waals surface area contributed by atoms with Crippen molar-refractivity contribution in [1.82, 2.24) is 5.32 Å². The minimum absolute atomic E-state index is 0.501. The van der Waals surface area contributed by atoms with E-state index in [4.69, 9.17) is 10.4 Å². The van der Waals surface area contributed by atoms with E-state index in [1.165, 1.54) is 0 Å². The van der Waals surface area contributed by atoms with Crippen LogP contribution in [-0.4, -0.2) is 25.2 Å². The molecule has 1 aromatic carbocycles. The Morgan fingerprint density at radius 1 is 1.53 bits per heavy atom. The third kappa shape index (κ3) is 2.21. The van der Waals surface area contributed by atoms with Gasteiger partial charge in [0.2, 0.25) is 0 Å². The Kier molecular flexibility index (Phi) is 3.38. The Labute approximate surface area is 89.6 Å². The van der Waals surface area contributed by atoms with Crippen molar-refractivity contribution in [2.75, 3.05) is 13.1 Å². The zero-order valence-electron chi connectivity index (χ0n) is 8.57. The zero-order valence-corrected chi connectivity index (χ0v) is 8.57. The summed E-state index contributed by atoms with van der Waals surface area (Å²) in [6.45, 7) is 2.62. The quantitative estimate of drug-likeness (QED) is 0.434. The van der Waals surface area contributed by atoms with E-state index in [0.29, 0.717) is 13.2 Å². The smallest absolute Gasteiger partial charge is 0.423 e. The fourth-order valence-electron chi connectivity index (χ4n) is 1.84. The summed E-state index contributed by atoms with van der Waals surface area (Å²) < 4.78 is 5.17. The topological polar surface area (TPSA) is 67.5 Å². The van der Waals surface area contributed by atoms with Crippen LogP contribution in [0.5, 0.6) is 0 Å². The van der Waals surface area contributed by atoms with Gasteiger partial charge in [-0.2, -0.15) is 0 Å². The van der Waals surface area contributed by atoms with Crippen LogP contribution < -0.4 is 16.5 Å². The maximum Gasteiger partial charge on any atom is 0.492 e. The van der Waals surface area contributed by atoms with E-state index in [1.54, 1.807) is 0 Å². The van der Waals surface area contributed by atoms with E-state index in [0.717, 1.165) is 29.7 Å². The zero-order chi connectivity index (χ0) is 10.7. The highest BCUT2D eigenvalue weighted by molar-refractivity contribution is 6.62. The number of benzene rings is 1. The Morgan fingerprint density at radius 3 is 3.20 bits per heavy atom. The number of hydrogen-bond acceptors (Lipinski definition) is 4. The number of nitrogens with one attached hydrogen (secondary N) is 1. The van der Waals surface area contributed by atoms with E-state index in [2.05, 4.69) is 5.32 Å². The monoisotopic (exact) mass is 206 g/mol. The third-order valence-electron chi connectivity index (χ3n) is 2.57. The summed E-state index contributed by atoms with van der Waals surface area (Å²) in [6.07, 6.45) is 0. The van der Waals surface area contributed by atoms with Crippen LogP contribution in [0.15, 0.2) is 18.2 Å². The second kappa shape index (κ2) is 4.76. The molecule has 0 aliphatic carbocycles. The molecular formula is C10H15BN2O2. The first-order valence-electron chi connectivity index (χ1n) is 5.14. The average Bonchev–Trinajstić information content (AvgIpc) is 2.62. The summed E-state index contributed by atoms with van der Waals surface area (Å²) in [4.78, 5) is 0. The molecule has 0 atom stereocenters. The van der Waals surface area contributed by atoms with Gasteiger partial charge in [0.25, 0.3) is 0 Å². The van der Waals surface area contributed by atoms with Crippen LogP contribution in [0.1, 0.15) is 11.1 Å². The summed E-state index contributed by atoms with van der Waals surface area (Å²) in [5, 5.41) is 12.9. The molecule has 5 heteroatoms. The van der Waals surface area contributed by atoms with Crippen molar-refractivity contribution in [2.24, 2.45) is 5.73 Å². The summed E-state index contributed by atoms with van der Waals surface area (Å²) in [5.74, 6) is 0. The SMILES string of the molecule is NCCNCc1cccc2c1B(O)OC2. The van der Waals surface area contributed by atoms with Gasteiger partial charge in [0, 0.05) is 19.6 Å². The van der Waals surface area contributed by atoms with Gasteiger partial charge >= 0.3 is 7.12 Å². The lowest BCUT2D eigenvalue weighted by molar-refractivity contribution is 0.275. The lowest BCUT2D eigenvalue weighted by Gasteiger charge is -2.08. The maximum atomic E-state index is 9.64. The van der Waals surface area contributed by atoms with Crippen LogP contribution >= 0.6 is 0 Å². The first-order chi connectivity index (χ1) is 7.33. The Morgan fingerprint density at radius 2 is 2.40 bits per heavy atom. The molecule has 4 nitrogen and oxygen atoms in total. The van der Waals surface area contributed by atoms with Crippen molar-refractivity contribution in [2.45, 2.75) is 13.2 Å². The van der Waals surface area contributed by atoms with Gasteiger partial charge in [0.05, 0.1) is 6.61 Å². The van der Waals surface area contributed by atoms with Gasteiger partial charge in [-0.05, 0) is 16.6 Å². The van der Waals surface area contributed by atoms with Gasteiger partial charge in [-0.3, -0.25) is 0 Å². The standard InChI is InChI=1S/C10H15BN2O2/c12-4-5-13-6-8-2-1-3-9-7-15-11(14)10(8)9/h1-3,13-14H,4-7,12H2.